The monoisotopic (exact) mass is 403 g/mol. The van der Waals surface area contributed by atoms with Gasteiger partial charge in [-0.25, -0.2) is 4.79 Å². The van der Waals surface area contributed by atoms with Gasteiger partial charge in [0.15, 0.2) is 0 Å². The third kappa shape index (κ3) is 3.42. The maximum absolute atomic E-state index is 12.9. The lowest BCUT2D eigenvalue weighted by atomic mass is 10.0. The van der Waals surface area contributed by atoms with E-state index in [9.17, 15) is 40.7 Å². The Kier molecular flexibility index (Phi) is 4.40. The highest BCUT2D eigenvalue weighted by atomic mass is 19.4. The fourth-order valence-corrected chi connectivity index (χ4v) is 2.46. The van der Waals surface area contributed by atoms with Crippen molar-refractivity contribution in [3.05, 3.63) is 70.3 Å². The molecule has 0 aliphatic carbocycles. The Morgan fingerprint density at radius 1 is 0.786 bits per heavy atom. The summed E-state index contributed by atoms with van der Waals surface area (Å²) in [5, 5.41) is -0.0134. The molecule has 0 fully saturated rings. The first-order chi connectivity index (χ1) is 12.9. The molecule has 0 saturated heterocycles. The third-order valence-electron chi connectivity index (χ3n) is 3.75. The van der Waals surface area contributed by atoms with Gasteiger partial charge in [-0.2, -0.15) is 26.3 Å². The molecule has 2 amide bonds. The van der Waals surface area contributed by atoms with Gasteiger partial charge in [0.1, 0.15) is 0 Å². The molecule has 146 valence electrons. The Morgan fingerprint density at radius 3 is 1.61 bits per heavy atom. The summed E-state index contributed by atoms with van der Waals surface area (Å²) in [7, 11) is 0. The predicted octanol–water partition coefficient (Wildman–Crippen LogP) is 4.09. The summed E-state index contributed by atoms with van der Waals surface area (Å²) < 4.78 is 77.2. The largest absolute Gasteiger partial charge is 0.416 e. The molecule has 11 heteroatoms. The van der Waals surface area contributed by atoms with E-state index < -0.39 is 46.8 Å². The number of benzene rings is 2. The van der Waals surface area contributed by atoms with Crippen molar-refractivity contribution in [2.24, 2.45) is 0 Å². The Labute approximate surface area is 152 Å². The summed E-state index contributed by atoms with van der Waals surface area (Å²) in [6, 6.07) is 5.42. The van der Waals surface area contributed by atoms with Gasteiger partial charge in [-0.1, -0.05) is 17.2 Å². The van der Waals surface area contributed by atoms with Gasteiger partial charge in [-0.05, 0) is 30.3 Å². The highest BCUT2D eigenvalue weighted by Crippen LogP contribution is 2.36. The smallest absolute Gasteiger partial charge is 0.324 e. The zero-order chi connectivity index (χ0) is 20.9. The van der Waals surface area contributed by atoms with Crippen LogP contribution in [0.2, 0.25) is 0 Å². The summed E-state index contributed by atoms with van der Waals surface area (Å²) in [6.45, 7) is 0. The molecule has 0 saturated carbocycles. The van der Waals surface area contributed by atoms with E-state index in [2.05, 4.69) is 4.84 Å². The second-order valence-electron chi connectivity index (χ2n) is 5.62. The van der Waals surface area contributed by atoms with Gasteiger partial charge in [-0.3, -0.25) is 9.59 Å². The van der Waals surface area contributed by atoms with Crippen molar-refractivity contribution in [2.75, 3.05) is 0 Å². The zero-order valence-corrected chi connectivity index (χ0v) is 13.4. The molecule has 0 unspecified atom stereocenters. The molecule has 0 atom stereocenters. The SMILES string of the molecule is O=C(ON1C(=O)c2ccccc2C1=O)c1cc(C(F)(F)F)cc(C(F)(F)F)c1. The van der Waals surface area contributed by atoms with Crippen LogP contribution in [0.1, 0.15) is 42.2 Å². The van der Waals surface area contributed by atoms with Crippen molar-refractivity contribution in [1.82, 2.24) is 5.06 Å². The molecule has 2 aromatic carbocycles. The number of hydroxylamine groups is 2. The summed E-state index contributed by atoms with van der Waals surface area (Å²) in [5.74, 6) is -3.87. The van der Waals surface area contributed by atoms with E-state index in [1.54, 1.807) is 0 Å². The number of nitrogens with zero attached hydrogens (tertiary/aromatic N) is 1. The minimum Gasteiger partial charge on any atom is -0.324 e. The molecule has 2 aromatic rings. The number of alkyl halides is 6. The Hall–Kier alpha value is -3.37. The molecule has 28 heavy (non-hydrogen) atoms. The number of amides is 2. The standard InChI is InChI=1S/C17H7F6NO4/c18-16(19,20)9-5-8(6-10(7-9)17(21,22)23)15(27)28-24-13(25)11-3-1-2-4-12(11)14(24)26/h1-7H. The van der Waals surface area contributed by atoms with Crippen LogP contribution in [0.15, 0.2) is 42.5 Å². The van der Waals surface area contributed by atoms with Gasteiger partial charge < -0.3 is 4.84 Å². The van der Waals surface area contributed by atoms with Crippen LogP contribution in [0.4, 0.5) is 26.3 Å². The van der Waals surface area contributed by atoms with Crippen LogP contribution in [0.5, 0.6) is 0 Å². The van der Waals surface area contributed by atoms with E-state index in [4.69, 9.17) is 0 Å². The van der Waals surface area contributed by atoms with Gasteiger partial charge in [0, 0.05) is 0 Å². The van der Waals surface area contributed by atoms with Crippen LogP contribution in [0, 0.1) is 0 Å². The molecule has 1 aliphatic heterocycles. The fourth-order valence-electron chi connectivity index (χ4n) is 2.46. The summed E-state index contributed by atoms with van der Waals surface area (Å²) >= 11 is 0. The maximum Gasteiger partial charge on any atom is 0.416 e. The molecule has 1 heterocycles. The van der Waals surface area contributed by atoms with Crippen LogP contribution < -0.4 is 0 Å². The van der Waals surface area contributed by atoms with E-state index in [0.29, 0.717) is 0 Å². The number of hydrogen-bond acceptors (Lipinski definition) is 4. The first kappa shape index (κ1) is 19.4. The van der Waals surface area contributed by atoms with E-state index in [0.717, 1.165) is 0 Å². The van der Waals surface area contributed by atoms with Crippen molar-refractivity contribution < 1.29 is 45.6 Å². The molecule has 0 radical (unpaired) electrons. The fraction of sp³-hybridized carbons (Fsp3) is 0.118. The number of carbonyl (C=O) groups is 3. The number of rotatable bonds is 2. The van der Waals surface area contributed by atoms with Crippen LogP contribution in [0.25, 0.3) is 0 Å². The van der Waals surface area contributed by atoms with E-state index in [1.165, 1.54) is 24.3 Å². The Morgan fingerprint density at radius 2 is 1.21 bits per heavy atom. The second kappa shape index (κ2) is 6.36. The molecular weight excluding hydrogens is 396 g/mol. The highest BCUT2D eigenvalue weighted by Gasteiger charge is 2.41. The average molecular weight is 403 g/mol. The lowest BCUT2D eigenvalue weighted by Crippen LogP contribution is -2.32. The topological polar surface area (TPSA) is 63.7 Å². The number of hydrogen-bond donors (Lipinski definition) is 0. The third-order valence-corrected chi connectivity index (χ3v) is 3.75. The van der Waals surface area contributed by atoms with Crippen molar-refractivity contribution in [1.29, 1.82) is 0 Å². The predicted molar refractivity (Wildman–Crippen MR) is 78.8 cm³/mol. The van der Waals surface area contributed by atoms with E-state index >= 15 is 0 Å². The minimum atomic E-state index is -5.17. The zero-order valence-electron chi connectivity index (χ0n) is 13.4. The number of imide groups is 1. The Bertz CT molecular complexity index is 929. The lowest BCUT2D eigenvalue weighted by molar-refractivity contribution is -0.143. The van der Waals surface area contributed by atoms with Crippen LogP contribution in [-0.4, -0.2) is 22.8 Å². The lowest BCUT2D eigenvalue weighted by Gasteiger charge is -2.16. The normalized spacial score (nSPS) is 14.3. The maximum atomic E-state index is 12.9. The first-order valence-electron chi connectivity index (χ1n) is 7.39. The average Bonchev–Trinajstić information content (AvgIpc) is 2.85. The van der Waals surface area contributed by atoms with Gasteiger partial charge in [0.2, 0.25) is 0 Å². The summed E-state index contributed by atoms with van der Waals surface area (Å²) in [5.41, 5.74) is -4.85. The molecule has 0 spiro atoms. The summed E-state index contributed by atoms with van der Waals surface area (Å²) in [4.78, 5) is 40.8. The van der Waals surface area contributed by atoms with Gasteiger partial charge in [-0.15, -0.1) is 0 Å². The molecule has 1 aliphatic rings. The second-order valence-corrected chi connectivity index (χ2v) is 5.62. The van der Waals surface area contributed by atoms with Crippen molar-refractivity contribution in [2.45, 2.75) is 12.4 Å². The van der Waals surface area contributed by atoms with Crippen LogP contribution in [0.3, 0.4) is 0 Å². The molecule has 0 N–H and O–H groups in total. The number of carbonyl (C=O) groups excluding carboxylic acids is 3. The van der Waals surface area contributed by atoms with Gasteiger partial charge in [0.25, 0.3) is 11.8 Å². The number of fused-ring (bicyclic) bond motifs is 1. The number of halogens is 6. The van der Waals surface area contributed by atoms with Crippen molar-refractivity contribution >= 4 is 17.8 Å². The quantitative estimate of drug-likeness (QED) is 0.560. The molecular formula is C17H7F6NO4. The molecule has 5 nitrogen and oxygen atoms in total. The molecule has 0 bridgehead atoms. The summed E-state index contributed by atoms with van der Waals surface area (Å²) in [6.07, 6.45) is -10.3. The minimum absolute atomic E-state index is 0.0134. The molecule has 3 rings (SSSR count). The Balaban J connectivity index is 1.95. The first-order valence-corrected chi connectivity index (χ1v) is 7.39. The highest BCUT2D eigenvalue weighted by molar-refractivity contribution is 6.21. The van der Waals surface area contributed by atoms with Crippen LogP contribution >= 0.6 is 0 Å². The van der Waals surface area contributed by atoms with Gasteiger partial charge in [0.05, 0.1) is 27.8 Å². The van der Waals surface area contributed by atoms with E-state index in [-0.39, 0.29) is 34.4 Å². The van der Waals surface area contributed by atoms with Gasteiger partial charge >= 0.3 is 18.3 Å². The van der Waals surface area contributed by atoms with Crippen molar-refractivity contribution in [3.63, 3.8) is 0 Å². The van der Waals surface area contributed by atoms with Crippen LogP contribution in [-0.2, 0) is 17.2 Å². The molecule has 0 aromatic heterocycles. The van der Waals surface area contributed by atoms with E-state index in [1.807, 2.05) is 0 Å². The van der Waals surface area contributed by atoms with Crippen molar-refractivity contribution in [3.8, 4) is 0 Å².